The predicted molar refractivity (Wildman–Crippen MR) is 209 cm³/mol. The lowest BCUT2D eigenvalue weighted by Gasteiger charge is -2.28. The molecule has 1 heteroatoms. The first kappa shape index (κ1) is 29.5. The zero-order valence-corrected chi connectivity index (χ0v) is 27.5. The van der Waals surface area contributed by atoms with Crippen LogP contribution in [0.2, 0.25) is 0 Å². The number of hydrogen-bond donors (Lipinski definition) is 0. The normalized spacial score (nSPS) is 14.3. The van der Waals surface area contributed by atoms with E-state index in [4.69, 9.17) is 0 Å². The molecule has 1 nitrogen and oxygen atoms in total. The van der Waals surface area contributed by atoms with Crippen LogP contribution in [-0.4, -0.2) is 0 Å². The Bertz CT molecular complexity index is 2480. The fraction of sp³-hybridized carbons (Fsp3) is 0.0204. The second-order valence-electron chi connectivity index (χ2n) is 12.8. The first-order chi connectivity index (χ1) is 24.8. The molecule has 1 unspecified atom stereocenters. The van der Waals surface area contributed by atoms with Crippen LogP contribution >= 0.6 is 0 Å². The van der Waals surface area contributed by atoms with Gasteiger partial charge in [-0.1, -0.05) is 151 Å². The maximum absolute atomic E-state index is 3.89. The topological polar surface area (TPSA) is 3.24 Å². The average molecular weight is 636 g/mol. The van der Waals surface area contributed by atoms with Gasteiger partial charge < -0.3 is 4.90 Å². The van der Waals surface area contributed by atoms with Crippen molar-refractivity contribution in [1.29, 1.82) is 0 Å². The van der Waals surface area contributed by atoms with E-state index in [9.17, 15) is 0 Å². The van der Waals surface area contributed by atoms with Gasteiger partial charge in [-0.3, -0.25) is 0 Å². The second kappa shape index (κ2) is 12.4. The molecule has 1 aliphatic rings. The lowest BCUT2D eigenvalue weighted by molar-refractivity contribution is 0.839. The summed E-state index contributed by atoms with van der Waals surface area (Å²) in [7, 11) is 0. The zero-order chi connectivity index (χ0) is 33.3. The molecule has 234 valence electrons. The third-order valence-corrected chi connectivity index (χ3v) is 9.88. The molecule has 0 heterocycles. The number of fused-ring (bicyclic) bond motifs is 4. The lowest BCUT2D eigenvalue weighted by atomic mass is 9.72. The highest BCUT2D eigenvalue weighted by Gasteiger charge is 2.44. The van der Waals surface area contributed by atoms with E-state index in [0.717, 1.165) is 28.2 Å². The van der Waals surface area contributed by atoms with E-state index >= 15 is 0 Å². The summed E-state index contributed by atoms with van der Waals surface area (Å²) in [6.07, 6.45) is 0. The Balaban J connectivity index is 1.21. The van der Waals surface area contributed by atoms with E-state index in [1.807, 2.05) is 6.07 Å². The molecule has 8 aromatic rings. The van der Waals surface area contributed by atoms with Gasteiger partial charge in [0.1, 0.15) is 5.41 Å². The molecule has 1 atom stereocenters. The molecule has 0 spiro atoms. The van der Waals surface area contributed by atoms with E-state index in [-0.39, 0.29) is 0 Å². The van der Waals surface area contributed by atoms with E-state index in [2.05, 4.69) is 211 Å². The standard InChI is InChI=1S/C49H33N/c1-4-14-36(15-5-1)32-33-49(41-28-24-37-16-10-11-17-39(37)34-41)47-23-13-12-22-45(47)46-31-27-40(35-48(46)49)38-25-29-44(30-26-38)50(42-18-6-2-7-19-42)43-20-8-3-9-21-43/h1-31,34-35H. The Hall–Kier alpha value is -6.62. The van der Waals surface area contributed by atoms with Crippen LogP contribution in [0.15, 0.2) is 200 Å². The highest BCUT2D eigenvalue weighted by atomic mass is 15.1. The molecular weight excluding hydrogens is 603 g/mol. The van der Waals surface area contributed by atoms with Crippen molar-refractivity contribution in [1.82, 2.24) is 0 Å². The van der Waals surface area contributed by atoms with E-state index < -0.39 is 5.41 Å². The van der Waals surface area contributed by atoms with Crippen LogP contribution < -0.4 is 4.90 Å². The summed E-state index contributed by atoms with van der Waals surface area (Å²) in [6, 6.07) is 71.5. The summed E-state index contributed by atoms with van der Waals surface area (Å²) in [5.41, 5.74) is 12.1. The Morgan fingerprint density at radius 1 is 0.380 bits per heavy atom. The number of anilines is 3. The minimum atomic E-state index is -0.654. The quantitative estimate of drug-likeness (QED) is 0.170. The van der Waals surface area contributed by atoms with Crippen molar-refractivity contribution in [2.75, 3.05) is 4.90 Å². The van der Waals surface area contributed by atoms with Gasteiger partial charge in [-0.25, -0.2) is 0 Å². The summed E-state index contributed by atoms with van der Waals surface area (Å²) in [6.45, 7) is 0. The Kier molecular flexibility index (Phi) is 7.34. The summed E-state index contributed by atoms with van der Waals surface area (Å²) in [5, 5.41) is 2.44. The van der Waals surface area contributed by atoms with Crippen molar-refractivity contribution in [2.45, 2.75) is 5.41 Å². The highest BCUT2D eigenvalue weighted by Crippen LogP contribution is 2.53. The molecule has 8 aromatic carbocycles. The van der Waals surface area contributed by atoms with Crippen molar-refractivity contribution in [3.63, 3.8) is 0 Å². The largest absolute Gasteiger partial charge is 0.311 e. The van der Waals surface area contributed by atoms with Crippen LogP contribution in [0.4, 0.5) is 17.1 Å². The first-order valence-corrected chi connectivity index (χ1v) is 17.1. The maximum atomic E-state index is 3.89. The van der Waals surface area contributed by atoms with Crippen molar-refractivity contribution < 1.29 is 0 Å². The SMILES string of the molecule is C(#CC1(c2ccc3ccccc3c2)c2ccccc2-c2ccc(-c3ccc(N(c4ccccc4)c4ccccc4)cc3)cc21)c1ccccc1. The summed E-state index contributed by atoms with van der Waals surface area (Å²) < 4.78 is 0. The molecule has 0 N–H and O–H groups in total. The first-order valence-electron chi connectivity index (χ1n) is 17.1. The van der Waals surface area contributed by atoms with Gasteiger partial charge in [0, 0.05) is 22.6 Å². The lowest BCUT2D eigenvalue weighted by Crippen LogP contribution is -2.25. The van der Waals surface area contributed by atoms with Crippen LogP contribution in [0.1, 0.15) is 22.3 Å². The average Bonchev–Trinajstić information content (AvgIpc) is 3.48. The van der Waals surface area contributed by atoms with Gasteiger partial charge in [0.25, 0.3) is 0 Å². The summed E-state index contributed by atoms with van der Waals surface area (Å²) in [4.78, 5) is 2.30. The summed E-state index contributed by atoms with van der Waals surface area (Å²) >= 11 is 0. The molecule has 0 fully saturated rings. The molecule has 50 heavy (non-hydrogen) atoms. The van der Waals surface area contributed by atoms with Crippen molar-refractivity contribution in [2.24, 2.45) is 0 Å². The third kappa shape index (κ3) is 5.07. The van der Waals surface area contributed by atoms with Gasteiger partial charge in [0.05, 0.1) is 0 Å². The van der Waals surface area contributed by atoms with Gasteiger partial charge in [0.2, 0.25) is 0 Å². The molecule has 1 aliphatic carbocycles. The Morgan fingerprint density at radius 3 is 1.66 bits per heavy atom. The molecule has 0 radical (unpaired) electrons. The molecular formula is C49H33N. The Morgan fingerprint density at radius 2 is 0.940 bits per heavy atom. The predicted octanol–water partition coefficient (Wildman–Crippen LogP) is 12.3. The van der Waals surface area contributed by atoms with Crippen LogP contribution in [0.5, 0.6) is 0 Å². The van der Waals surface area contributed by atoms with Crippen LogP contribution in [0, 0.1) is 11.8 Å². The fourth-order valence-corrected chi connectivity index (χ4v) is 7.49. The van der Waals surface area contributed by atoms with Gasteiger partial charge in [0.15, 0.2) is 0 Å². The number of para-hydroxylation sites is 2. The van der Waals surface area contributed by atoms with Crippen molar-refractivity contribution in [3.05, 3.63) is 222 Å². The molecule has 0 bridgehead atoms. The number of nitrogens with zero attached hydrogens (tertiary/aromatic N) is 1. The zero-order valence-electron chi connectivity index (χ0n) is 27.5. The van der Waals surface area contributed by atoms with Gasteiger partial charge in [-0.05, 0) is 110 Å². The summed E-state index contributed by atoms with van der Waals surface area (Å²) in [5.74, 6) is 7.50. The third-order valence-electron chi connectivity index (χ3n) is 9.88. The number of benzene rings is 8. The van der Waals surface area contributed by atoms with Crippen LogP contribution in [-0.2, 0) is 5.41 Å². The number of rotatable bonds is 5. The van der Waals surface area contributed by atoms with E-state index in [1.165, 1.54) is 44.2 Å². The molecule has 9 rings (SSSR count). The van der Waals surface area contributed by atoms with Crippen molar-refractivity contribution >= 4 is 27.8 Å². The molecule has 0 saturated carbocycles. The van der Waals surface area contributed by atoms with Gasteiger partial charge in [-0.15, -0.1) is 0 Å². The smallest absolute Gasteiger partial charge is 0.108 e. The number of hydrogen-bond acceptors (Lipinski definition) is 1. The molecule has 0 aliphatic heterocycles. The molecule has 0 aromatic heterocycles. The second-order valence-corrected chi connectivity index (χ2v) is 12.8. The van der Waals surface area contributed by atoms with Gasteiger partial charge >= 0.3 is 0 Å². The minimum absolute atomic E-state index is 0.654. The van der Waals surface area contributed by atoms with E-state index in [0.29, 0.717) is 0 Å². The molecule has 0 saturated heterocycles. The Labute approximate surface area is 293 Å². The monoisotopic (exact) mass is 635 g/mol. The van der Waals surface area contributed by atoms with Crippen LogP contribution in [0.25, 0.3) is 33.0 Å². The maximum Gasteiger partial charge on any atom is 0.108 e. The highest BCUT2D eigenvalue weighted by molar-refractivity contribution is 5.91. The fourth-order valence-electron chi connectivity index (χ4n) is 7.49. The van der Waals surface area contributed by atoms with Crippen molar-refractivity contribution in [3.8, 4) is 34.1 Å². The van der Waals surface area contributed by atoms with Crippen LogP contribution in [0.3, 0.4) is 0 Å². The minimum Gasteiger partial charge on any atom is -0.311 e. The van der Waals surface area contributed by atoms with E-state index in [1.54, 1.807) is 0 Å². The molecule has 0 amide bonds. The van der Waals surface area contributed by atoms with Gasteiger partial charge in [-0.2, -0.15) is 0 Å².